The first-order valence-corrected chi connectivity index (χ1v) is 7.56. The molecule has 0 aliphatic rings. The van der Waals surface area contributed by atoms with Crippen molar-refractivity contribution < 1.29 is 31.7 Å². The minimum Gasteiger partial charge on any atom is -0.388 e. The van der Waals surface area contributed by atoms with Crippen LogP contribution in [0.4, 0.5) is 0 Å². The van der Waals surface area contributed by atoms with E-state index in [0.29, 0.717) is 0 Å². The van der Waals surface area contributed by atoms with Crippen molar-refractivity contribution in [1.82, 2.24) is 0 Å². The highest BCUT2D eigenvalue weighted by atomic mass is 32.2. The molecular weight excluding hydrogens is 283 g/mol. The van der Waals surface area contributed by atoms with Crippen LogP contribution in [-0.2, 0) is 23.4 Å². The standard InChI is InChI=1S/C9H13O7PS/c1-7(10)9(15-17(11)12)16-18(13,14)8-5-3-2-4-6-8/h2-7,9-10,17H,1H3,(H,11,12)/t7-,9-/m0/s1. The van der Waals surface area contributed by atoms with E-state index >= 15 is 0 Å². The third-order valence-corrected chi connectivity index (χ3v) is 3.59. The van der Waals surface area contributed by atoms with Gasteiger partial charge in [0.2, 0.25) is 6.29 Å². The van der Waals surface area contributed by atoms with Crippen LogP contribution < -0.4 is 0 Å². The third-order valence-electron chi connectivity index (χ3n) is 1.86. The van der Waals surface area contributed by atoms with Crippen LogP contribution in [0.5, 0.6) is 0 Å². The van der Waals surface area contributed by atoms with Gasteiger partial charge in [0.05, 0.1) is 4.90 Å². The van der Waals surface area contributed by atoms with Crippen LogP contribution in [0.1, 0.15) is 6.92 Å². The molecule has 1 aromatic rings. The normalized spacial score (nSPS) is 17.1. The van der Waals surface area contributed by atoms with Crippen LogP contribution in [0.25, 0.3) is 0 Å². The summed E-state index contributed by atoms with van der Waals surface area (Å²) in [6.07, 6.45) is -3.11. The molecule has 0 amide bonds. The summed E-state index contributed by atoms with van der Waals surface area (Å²) in [5.41, 5.74) is 0. The van der Waals surface area contributed by atoms with Gasteiger partial charge in [0.15, 0.2) is 0 Å². The Kier molecular flexibility index (Phi) is 5.46. The van der Waals surface area contributed by atoms with Crippen LogP contribution in [-0.4, -0.2) is 30.8 Å². The molecule has 2 N–H and O–H groups in total. The van der Waals surface area contributed by atoms with Crippen LogP contribution >= 0.6 is 8.25 Å². The van der Waals surface area contributed by atoms with Gasteiger partial charge in [-0.25, -0.2) is 4.18 Å². The summed E-state index contributed by atoms with van der Waals surface area (Å²) < 4.78 is 42.9. The molecule has 0 saturated carbocycles. The van der Waals surface area contributed by atoms with Gasteiger partial charge < -0.3 is 10.00 Å². The Hall–Kier alpha value is -0.760. The lowest BCUT2D eigenvalue weighted by Crippen LogP contribution is -2.30. The molecule has 0 aliphatic heterocycles. The number of hydrogen-bond donors (Lipinski definition) is 2. The first-order chi connectivity index (χ1) is 8.33. The van der Waals surface area contributed by atoms with Gasteiger partial charge in [-0.05, 0) is 19.1 Å². The monoisotopic (exact) mass is 296 g/mol. The summed E-state index contributed by atoms with van der Waals surface area (Å²) in [7, 11) is -7.60. The highest BCUT2D eigenvalue weighted by molar-refractivity contribution is 7.86. The van der Waals surface area contributed by atoms with E-state index in [-0.39, 0.29) is 4.90 Å². The zero-order chi connectivity index (χ0) is 13.8. The molecule has 18 heavy (non-hydrogen) atoms. The summed E-state index contributed by atoms with van der Waals surface area (Å²) in [4.78, 5) is 8.44. The average molecular weight is 296 g/mol. The zero-order valence-corrected chi connectivity index (χ0v) is 11.2. The molecule has 102 valence electrons. The SMILES string of the molecule is C[C@H](O)[C@@H](O[PH](=O)O)OS(=O)(=O)c1ccccc1. The average Bonchev–Trinajstić information content (AvgIpc) is 2.28. The smallest absolute Gasteiger partial charge is 0.319 e. The van der Waals surface area contributed by atoms with E-state index in [4.69, 9.17) is 4.89 Å². The van der Waals surface area contributed by atoms with Crippen molar-refractivity contribution in [2.45, 2.75) is 24.2 Å². The molecule has 0 aliphatic carbocycles. The minimum absolute atomic E-state index is 0.142. The first-order valence-electron chi connectivity index (χ1n) is 4.89. The van der Waals surface area contributed by atoms with Gasteiger partial charge in [-0.3, -0.25) is 9.09 Å². The minimum atomic E-state index is -4.17. The molecule has 0 fully saturated rings. The lowest BCUT2D eigenvalue weighted by molar-refractivity contribution is -0.0748. The lowest BCUT2D eigenvalue weighted by atomic mass is 10.4. The fourth-order valence-corrected chi connectivity index (χ4v) is 2.63. The zero-order valence-electron chi connectivity index (χ0n) is 9.39. The molecule has 1 unspecified atom stereocenters. The van der Waals surface area contributed by atoms with Crippen molar-refractivity contribution in [3.05, 3.63) is 30.3 Å². The summed E-state index contributed by atoms with van der Waals surface area (Å²) >= 11 is 0. The molecule has 0 bridgehead atoms. The fourth-order valence-electron chi connectivity index (χ4n) is 1.07. The second-order valence-corrected chi connectivity index (χ2v) is 5.70. The number of hydrogen-bond acceptors (Lipinski definition) is 6. The van der Waals surface area contributed by atoms with Crippen molar-refractivity contribution in [2.24, 2.45) is 0 Å². The Morgan fingerprint density at radius 2 is 1.83 bits per heavy atom. The van der Waals surface area contributed by atoms with Gasteiger partial charge in [-0.15, -0.1) is 0 Å². The molecule has 1 aromatic carbocycles. The predicted molar refractivity (Wildman–Crippen MR) is 62.5 cm³/mol. The fraction of sp³-hybridized carbons (Fsp3) is 0.333. The molecule has 0 aromatic heterocycles. The Bertz CT molecular complexity index is 499. The summed E-state index contributed by atoms with van der Waals surface area (Å²) in [6.45, 7) is 1.18. The largest absolute Gasteiger partial charge is 0.388 e. The second kappa shape index (κ2) is 6.42. The molecule has 1 rings (SSSR count). The molecule has 0 heterocycles. The van der Waals surface area contributed by atoms with Gasteiger partial charge in [0.1, 0.15) is 6.10 Å². The van der Waals surface area contributed by atoms with Crippen molar-refractivity contribution in [1.29, 1.82) is 0 Å². The van der Waals surface area contributed by atoms with Crippen molar-refractivity contribution in [3.63, 3.8) is 0 Å². The lowest BCUT2D eigenvalue weighted by Gasteiger charge is -2.18. The third kappa shape index (κ3) is 4.49. The van der Waals surface area contributed by atoms with Gasteiger partial charge in [-0.2, -0.15) is 8.42 Å². The molecule has 0 saturated heterocycles. The molecule has 3 atom stereocenters. The van der Waals surface area contributed by atoms with Gasteiger partial charge >= 0.3 is 8.25 Å². The van der Waals surface area contributed by atoms with Crippen LogP contribution in [0.2, 0.25) is 0 Å². The van der Waals surface area contributed by atoms with Crippen LogP contribution in [0, 0.1) is 0 Å². The van der Waals surface area contributed by atoms with E-state index in [1.807, 2.05) is 0 Å². The highest BCUT2D eigenvalue weighted by Crippen LogP contribution is 2.24. The molecular formula is C9H13O7PS. The first kappa shape index (κ1) is 15.3. The number of rotatable bonds is 6. The molecule has 0 spiro atoms. The maximum Gasteiger partial charge on any atom is 0.319 e. The van der Waals surface area contributed by atoms with Gasteiger partial charge in [-0.1, -0.05) is 18.2 Å². The van der Waals surface area contributed by atoms with Crippen LogP contribution in [0.15, 0.2) is 35.2 Å². The van der Waals surface area contributed by atoms with Gasteiger partial charge in [0.25, 0.3) is 10.1 Å². The Morgan fingerprint density at radius 1 is 1.28 bits per heavy atom. The summed E-state index contributed by atoms with van der Waals surface area (Å²) in [5, 5.41) is 9.22. The number of aliphatic hydroxyl groups is 1. The quantitative estimate of drug-likeness (QED) is 0.446. The van der Waals surface area contributed by atoms with Crippen LogP contribution in [0.3, 0.4) is 0 Å². The number of aliphatic hydroxyl groups excluding tert-OH is 1. The maximum absolute atomic E-state index is 11.7. The highest BCUT2D eigenvalue weighted by Gasteiger charge is 2.27. The van der Waals surface area contributed by atoms with E-state index in [2.05, 4.69) is 8.71 Å². The molecule has 7 nitrogen and oxygen atoms in total. The Balaban J connectivity index is 2.90. The molecule has 9 heteroatoms. The van der Waals surface area contributed by atoms with Crippen molar-refractivity contribution in [2.75, 3.05) is 0 Å². The van der Waals surface area contributed by atoms with E-state index in [0.717, 1.165) is 0 Å². The van der Waals surface area contributed by atoms with E-state index in [9.17, 15) is 18.1 Å². The van der Waals surface area contributed by atoms with E-state index in [1.54, 1.807) is 6.07 Å². The maximum atomic E-state index is 11.7. The van der Waals surface area contributed by atoms with Gasteiger partial charge in [0, 0.05) is 0 Å². The van der Waals surface area contributed by atoms with Crippen molar-refractivity contribution in [3.8, 4) is 0 Å². The number of benzene rings is 1. The van der Waals surface area contributed by atoms with E-state index in [1.165, 1.54) is 31.2 Å². The topological polar surface area (TPSA) is 110 Å². The summed E-state index contributed by atoms with van der Waals surface area (Å²) in [6, 6.07) is 7.17. The predicted octanol–water partition coefficient (Wildman–Crippen LogP) is 0.497. The van der Waals surface area contributed by atoms with Crippen molar-refractivity contribution >= 4 is 18.4 Å². The summed E-state index contributed by atoms with van der Waals surface area (Å²) in [5.74, 6) is 0. The molecule has 0 radical (unpaired) electrons. The van der Waals surface area contributed by atoms with E-state index < -0.39 is 30.8 Å². The Labute approximate surface area is 105 Å². The second-order valence-electron chi connectivity index (χ2n) is 3.36. The Morgan fingerprint density at radius 3 is 2.28 bits per heavy atom.